The summed E-state index contributed by atoms with van der Waals surface area (Å²) in [6.07, 6.45) is 2.51. The fourth-order valence-electron chi connectivity index (χ4n) is 3.24. The number of hydrogen-bond donors (Lipinski definition) is 0. The molecule has 0 spiro atoms. The van der Waals surface area contributed by atoms with Gasteiger partial charge in [-0.2, -0.15) is 0 Å². The lowest BCUT2D eigenvalue weighted by atomic mass is 10.0. The summed E-state index contributed by atoms with van der Waals surface area (Å²) in [7, 11) is 1.37. The standard InChI is InChI=1S/C19H18N2O3S2/c1-24-19(23)13-7-4-5-11-21(13)18(22)16-10-9-15(25-16)17-20-12-6-2-3-8-14(12)26-17/h2-3,6,8-10,13H,4-5,7,11H2,1H3. The number of nitrogens with zero attached hydrogens (tertiary/aromatic N) is 2. The molecule has 5 nitrogen and oxygen atoms in total. The summed E-state index contributed by atoms with van der Waals surface area (Å²) >= 11 is 3.05. The van der Waals surface area contributed by atoms with Gasteiger partial charge in [0.2, 0.25) is 0 Å². The molecule has 0 N–H and O–H groups in total. The van der Waals surface area contributed by atoms with Crippen LogP contribution in [0.15, 0.2) is 36.4 Å². The molecule has 1 aromatic carbocycles. The number of aromatic nitrogens is 1. The van der Waals surface area contributed by atoms with Gasteiger partial charge in [-0.1, -0.05) is 12.1 Å². The summed E-state index contributed by atoms with van der Waals surface area (Å²) in [5.74, 6) is -0.432. The zero-order valence-corrected chi connectivity index (χ0v) is 15.9. The zero-order chi connectivity index (χ0) is 18.1. The monoisotopic (exact) mass is 386 g/mol. The van der Waals surface area contributed by atoms with Gasteiger partial charge in [0, 0.05) is 6.54 Å². The average molecular weight is 386 g/mol. The van der Waals surface area contributed by atoms with Gasteiger partial charge in [0.05, 0.1) is 27.1 Å². The maximum absolute atomic E-state index is 13.0. The molecule has 0 saturated carbocycles. The highest BCUT2D eigenvalue weighted by Gasteiger charge is 2.34. The lowest BCUT2D eigenvalue weighted by Crippen LogP contribution is -2.48. The third kappa shape index (κ3) is 3.12. The first-order valence-corrected chi connectivity index (χ1v) is 10.2. The van der Waals surface area contributed by atoms with Crippen molar-refractivity contribution in [1.82, 2.24) is 9.88 Å². The maximum Gasteiger partial charge on any atom is 0.328 e. The molecule has 4 rings (SSSR count). The van der Waals surface area contributed by atoms with Crippen molar-refractivity contribution >= 4 is 44.8 Å². The minimum atomic E-state index is -0.478. The Balaban J connectivity index is 1.60. The molecule has 0 radical (unpaired) electrons. The largest absolute Gasteiger partial charge is 0.467 e. The summed E-state index contributed by atoms with van der Waals surface area (Å²) in [6.45, 7) is 0.590. The van der Waals surface area contributed by atoms with E-state index in [0.29, 0.717) is 17.8 Å². The normalized spacial score (nSPS) is 17.4. The van der Waals surface area contributed by atoms with Gasteiger partial charge >= 0.3 is 5.97 Å². The second-order valence-corrected chi connectivity index (χ2v) is 8.30. The molecule has 1 amide bonds. The van der Waals surface area contributed by atoms with Gasteiger partial charge < -0.3 is 9.64 Å². The van der Waals surface area contributed by atoms with E-state index in [0.717, 1.165) is 32.9 Å². The van der Waals surface area contributed by atoms with Crippen molar-refractivity contribution in [1.29, 1.82) is 0 Å². The molecule has 1 unspecified atom stereocenters. The van der Waals surface area contributed by atoms with Gasteiger partial charge in [0.1, 0.15) is 11.0 Å². The van der Waals surface area contributed by atoms with E-state index in [9.17, 15) is 9.59 Å². The van der Waals surface area contributed by atoms with Crippen LogP contribution in [0.3, 0.4) is 0 Å². The predicted molar refractivity (Wildman–Crippen MR) is 104 cm³/mol. The van der Waals surface area contributed by atoms with Crippen LogP contribution >= 0.6 is 22.7 Å². The van der Waals surface area contributed by atoms with Crippen LogP contribution in [0.25, 0.3) is 20.1 Å². The number of methoxy groups -OCH3 is 1. The molecule has 3 aromatic rings. The number of thiazole rings is 1. The first kappa shape index (κ1) is 17.2. The van der Waals surface area contributed by atoms with Crippen molar-refractivity contribution in [3.05, 3.63) is 41.3 Å². The maximum atomic E-state index is 13.0. The van der Waals surface area contributed by atoms with E-state index in [4.69, 9.17) is 4.74 Å². The highest BCUT2D eigenvalue weighted by atomic mass is 32.1. The second kappa shape index (κ2) is 7.17. The van der Waals surface area contributed by atoms with Gasteiger partial charge in [-0.15, -0.1) is 22.7 Å². The number of benzene rings is 1. The molecule has 1 aliphatic rings. The van der Waals surface area contributed by atoms with Crippen LogP contribution in [0.4, 0.5) is 0 Å². The molecule has 1 atom stereocenters. The molecule has 1 fully saturated rings. The second-order valence-electron chi connectivity index (χ2n) is 6.18. The Bertz CT molecular complexity index is 930. The summed E-state index contributed by atoms with van der Waals surface area (Å²) in [5, 5.41) is 0.915. The number of amides is 1. The fraction of sp³-hybridized carbons (Fsp3) is 0.316. The fourth-order valence-corrected chi connectivity index (χ4v) is 5.23. The van der Waals surface area contributed by atoms with Crippen molar-refractivity contribution in [2.24, 2.45) is 0 Å². The molecule has 0 aliphatic carbocycles. The average Bonchev–Trinajstić information content (AvgIpc) is 3.33. The lowest BCUT2D eigenvalue weighted by molar-refractivity contribution is -0.147. The summed E-state index contributed by atoms with van der Waals surface area (Å²) < 4.78 is 6.01. The highest BCUT2D eigenvalue weighted by molar-refractivity contribution is 7.26. The molecule has 2 aromatic heterocycles. The van der Waals surface area contributed by atoms with Crippen LogP contribution in [0.1, 0.15) is 28.9 Å². The van der Waals surface area contributed by atoms with Gasteiger partial charge in [0.25, 0.3) is 5.91 Å². The number of esters is 1. The van der Waals surface area contributed by atoms with E-state index in [-0.39, 0.29) is 11.9 Å². The summed E-state index contributed by atoms with van der Waals surface area (Å²) in [5.41, 5.74) is 0.968. The Kier molecular flexibility index (Phi) is 4.74. The molecule has 26 heavy (non-hydrogen) atoms. The Morgan fingerprint density at radius 3 is 2.81 bits per heavy atom. The Morgan fingerprint density at radius 1 is 1.15 bits per heavy atom. The number of carbonyl (C=O) groups is 2. The van der Waals surface area contributed by atoms with Crippen molar-refractivity contribution in [2.75, 3.05) is 13.7 Å². The third-order valence-corrected chi connectivity index (χ3v) is 6.84. The SMILES string of the molecule is COC(=O)C1CCCCN1C(=O)c1ccc(-c2nc3ccccc3s2)s1. The number of hydrogen-bond acceptors (Lipinski definition) is 6. The first-order valence-electron chi connectivity index (χ1n) is 8.52. The molecule has 1 saturated heterocycles. The summed E-state index contributed by atoms with van der Waals surface area (Å²) in [4.78, 5) is 32.9. The number of rotatable bonds is 3. The lowest BCUT2D eigenvalue weighted by Gasteiger charge is -2.33. The predicted octanol–water partition coefficient (Wildman–Crippen LogP) is 4.19. The van der Waals surface area contributed by atoms with E-state index in [1.165, 1.54) is 18.4 Å². The Morgan fingerprint density at radius 2 is 2.00 bits per heavy atom. The van der Waals surface area contributed by atoms with E-state index < -0.39 is 6.04 Å². The van der Waals surface area contributed by atoms with Gasteiger partial charge in [-0.05, 0) is 43.5 Å². The van der Waals surface area contributed by atoms with E-state index in [1.54, 1.807) is 16.2 Å². The molecule has 7 heteroatoms. The minimum absolute atomic E-state index is 0.0996. The summed E-state index contributed by atoms with van der Waals surface area (Å²) in [6, 6.07) is 11.3. The van der Waals surface area contributed by atoms with Crippen LogP contribution in [-0.2, 0) is 9.53 Å². The number of piperidine rings is 1. The molecule has 134 valence electrons. The van der Waals surface area contributed by atoms with Crippen LogP contribution in [-0.4, -0.2) is 41.5 Å². The van der Waals surface area contributed by atoms with Crippen molar-refractivity contribution in [3.8, 4) is 9.88 Å². The quantitative estimate of drug-likeness (QED) is 0.633. The first-order chi connectivity index (χ1) is 12.7. The van der Waals surface area contributed by atoms with E-state index >= 15 is 0 Å². The zero-order valence-electron chi connectivity index (χ0n) is 14.3. The van der Waals surface area contributed by atoms with Crippen LogP contribution in [0.5, 0.6) is 0 Å². The topological polar surface area (TPSA) is 59.5 Å². The van der Waals surface area contributed by atoms with Crippen molar-refractivity contribution in [3.63, 3.8) is 0 Å². The van der Waals surface area contributed by atoms with Crippen LogP contribution in [0, 0.1) is 0 Å². The number of likely N-dealkylation sites (tertiary alicyclic amines) is 1. The minimum Gasteiger partial charge on any atom is -0.467 e. The van der Waals surface area contributed by atoms with E-state index in [2.05, 4.69) is 4.98 Å². The van der Waals surface area contributed by atoms with E-state index in [1.807, 2.05) is 36.4 Å². The highest BCUT2D eigenvalue weighted by Crippen LogP contribution is 2.35. The smallest absolute Gasteiger partial charge is 0.328 e. The molecule has 3 heterocycles. The number of para-hydroxylation sites is 1. The van der Waals surface area contributed by atoms with Crippen LogP contribution in [0.2, 0.25) is 0 Å². The molecule has 1 aliphatic heterocycles. The molecular weight excluding hydrogens is 368 g/mol. The van der Waals surface area contributed by atoms with Gasteiger partial charge in [-0.25, -0.2) is 9.78 Å². The number of thiophene rings is 1. The van der Waals surface area contributed by atoms with Crippen molar-refractivity contribution in [2.45, 2.75) is 25.3 Å². The molecular formula is C19H18N2O3S2. The Labute approximate surface area is 159 Å². The number of fused-ring (bicyclic) bond motifs is 1. The van der Waals surface area contributed by atoms with Gasteiger partial charge in [0.15, 0.2) is 0 Å². The number of ether oxygens (including phenoxy) is 1. The number of carbonyl (C=O) groups excluding carboxylic acids is 2. The van der Waals surface area contributed by atoms with Crippen LogP contribution < -0.4 is 0 Å². The Hall–Kier alpha value is -2.25. The third-order valence-electron chi connectivity index (χ3n) is 4.56. The van der Waals surface area contributed by atoms with Gasteiger partial charge in [-0.3, -0.25) is 4.79 Å². The van der Waals surface area contributed by atoms with Crippen molar-refractivity contribution < 1.29 is 14.3 Å². The molecule has 0 bridgehead atoms.